The lowest BCUT2D eigenvalue weighted by atomic mass is 10.1. The average molecular weight is 447 g/mol. The summed E-state index contributed by atoms with van der Waals surface area (Å²) in [6, 6.07) is 17.2. The number of carbonyl (C=O) groups excluding carboxylic acids is 1. The zero-order valence-corrected chi connectivity index (χ0v) is 18.3. The minimum atomic E-state index is -0.187. The van der Waals surface area contributed by atoms with Gasteiger partial charge in [0.15, 0.2) is 5.16 Å². The molecule has 0 atom stereocenters. The molecule has 0 radical (unpaired) electrons. The van der Waals surface area contributed by atoms with Crippen LogP contribution in [0.25, 0.3) is 22.2 Å². The highest BCUT2D eigenvalue weighted by molar-refractivity contribution is 7.99. The number of ether oxygens (including phenoxy) is 1. The Labute approximate surface area is 188 Å². The molecule has 2 aromatic heterocycles. The van der Waals surface area contributed by atoms with Crippen molar-refractivity contribution in [2.45, 2.75) is 24.0 Å². The minimum Gasteiger partial charge on any atom is -0.495 e. The van der Waals surface area contributed by atoms with E-state index in [1.54, 1.807) is 23.8 Å². The summed E-state index contributed by atoms with van der Waals surface area (Å²) in [4.78, 5) is 33.8. The Morgan fingerprint density at radius 3 is 2.69 bits per heavy atom. The van der Waals surface area contributed by atoms with Gasteiger partial charge in [-0.2, -0.15) is 0 Å². The third-order valence-electron chi connectivity index (χ3n) is 5.41. The molecule has 32 heavy (non-hydrogen) atoms. The van der Waals surface area contributed by atoms with Crippen molar-refractivity contribution in [1.82, 2.24) is 14.5 Å². The molecular weight excluding hydrogens is 424 g/mol. The lowest BCUT2D eigenvalue weighted by Crippen LogP contribution is -2.23. The van der Waals surface area contributed by atoms with Gasteiger partial charge >= 0.3 is 0 Å². The normalized spacial score (nSPS) is 13.3. The number of fused-ring (bicyclic) bond motifs is 1. The third-order valence-corrected chi connectivity index (χ3v) is 6.36. The summed E-state index contributed by atoms with van der Waals surface area (Å²) in [6.45, 7) is 0. The zero-order valence-electron chi connectivity index (χ0n) is 17.5. The summed E-state index contributed by atoms with van der Waals surface area (Å²) in [6.07, 6.45) is 3.72. The van der Waals surface area contributed by atoms with Crippen LogP contribution in [0, 0.1) is 0 Å². The van der Waals surface area contributed by atoms with E-state index in [9.17, 15) is 9.59 Å². The molecule has 1 amide bonds. The summed E-state index contributed by atoms with van der Waals surface area (Å²) >= 11 is 1.28. The smallest absolute Gasteiger partial charge is 0.278 e. The van der Waals surface area contributed by atoms with Gasteiger partial charge in [0.05, 0.1) is 18.6 Å². The van der Waals surface area contributed by atoms with Crippen LogP contribution in [0.2, 0.25) is 0 Å². The Kier molecular flexibility index (Phi) is 5.45. The molecule has 4 aromatic rings. The molecule has 8 heteroatoms. The zero-order chi connectivity index (χ0) is 22.1. The largest absolute Gasteiger partial charge is 0.495 e. The Morgan fingerprint density at radius 1 is 1.19 bits per heavy atom. The lowest BCUT2D eigenvalue weighted by molar-refractivity contribution is -0.113. The van der Waals surface area contributed by atoms with Crippen molar-refractivity contribution >= 4 is 34.4 Å². The molecule has 1 fully saturated rings. The number of nitrogens with one attached hydrogen (secondary N) is 2. The van der Waals surface area contributed by atoms with Crippen molar-refractivity contribution in [2.24, 2.45) is 0 Å². The summed E-state index contributed by atoms with van der Waals surface area (Å²) in [5, 5.41) is 3.44. The molecular formula is C24H22N4O3S. The molecule has 2 N–H and O–H groups in total. The van der Waals surface area contributed by atoms with E-state index in [1.807, 2.05) is 48.7 Å². The van der Waals surface area contributed by atoms with Crippen LogP contribution in [-0.4, -0.2) is 33.3 Å². The number of aromatic amines is 1. The van der Waals surface area contributed by atoms with Crippen LogP contribution in [-0.2, 0) is 4.79 Å². The first kappa shape index (κ1) is 20.4. The second kappa shape index (κ2) is 8.55. The van der Waals surface area contributed by atoms with Crippen molar-refractivity contribution < 1.29 is 9.53 Å². The van der Waals surface area contributed by atoms with Crippen LogP contribution in [0.1, 0.15) is 18.9 Å². The van der Waals surface area contributed by atoms with Crippen molar-refractivity contribution in [1.29, 1.82) is 0 Å². The maximum absolute atomic E-state index is 13.3. The number of H-pyrrole nitrogens is 1. The number of hydrogen-bond acceptors (Lipinski definition) is 5. The third kappa shape index (κ3) is 3.89. The van der Waals surface area contributed by atoms with E-state index >= 15 is 0 Å². The van der Waals surface area contributed by atoms with Gasteiger partial charge in [-0.15, -0.1) is 0 Å². The number of thioether (sulfide) groups is 1. The Morgan fingerprint density at radius 2 is 1.94 bits per heavy atom. The van der Waals surface area contributed by atoms with Gasteiger partial charge in [-0.1, -0.05) is 54.2 Å². The van der Waals surface area contributed by atoms with Gasteiger partial charge in [0.25, 0.3) is 5.56 Å². The molecule has 0 spiro atoms. The maximum atomic E-state index is 13.3. The number of rotatable bonds is 7. The van der Waals surface area contributed by atoms with Crippen LogP contribution in [0.4, 0.5) is 5.69 Å². The highest BCUT2D eigenvalue weighted by Gasteiger charge is 2.29. The summed E-state index contributed by atoms with van der Waals surface area (Å²) in [5.74, 6) is 0.544. The Hall–Kier alpha value is -3.52. The van der Waals surface area contributed by atoms with Crippen LogP contribution >= 0.6 is 11.8 Å². The fourth-order valence-corrected chi connectivity index (χ4v) is 4.57. The van der Waals surface area contributed by atoms with Gasteiger partial charge in [0.1, 0.15) is 16.8 Å². The fourth-order valence-electron chi connectivity index (χ4n) is 3.71. The number of amides is 1. The van der Waals surface area contributed by atoms with E-state index in [0.717, 1.165) is 24.0 Å². The van der Waals surface area contributed by atoms with E-state index in [2.05, 4.69) is 10.3 Å². The van der Waals surface area contributed by atoms with Crippen LogP contribution in [0.3, 0.4) is 0 Å². The highest BCUT2D eigenvalue weighted by Crippen LogP contribution is 2.37. The van der Waals surface area contributed by atoms with Crippen LogP contribution < -0.4 is 15.6 Å². The molecule has 2 aromatic carbocycles. The van der Waals surface area contributed by atoms with Gasteiger partial charge < -0.3 is 15.0 Å². The lowest BCUT2D eigenvalue weighted by Gasteiger charge is -2.12. The predicted molar refractivity (Wildman–Crippen MR) is 126 cm³/mol. The predicted octanol–water partition coefficient (Wildman–Crippen LogP) is 4.47. The molecule has 0 bridgehead atoms. The summed E-state index contributed by atoms with van der Waals surface area (Å²) in [7, 11) is 1.56. The number of benzene rings is 2. The molecule has 5 rings (SSSR count). The van der Waals surface area contributed by atoms with Gasteiger partial charge in [-0.25, -0.2) is 4.98 Å². The van der Waals surface area contributed by atoms with Gasteiger partial charge in [0.2, 0.25) is 5.91 Å². The summed E-state index contributed by atoms with van der Waals surface area (Å²) in [5.41, 5.74) is 3.51. The van der Waals surface area contributed by atoms with E-state index in [-0.39, 0.29) is 23.3 Å². The second-order valence-electron chi connectivity index (χ2n) is 7.63. The molecule has 1 saturated carbocycles. The van der Waals surface area contributed by atoms with Gasteiger partial charge in [0, 0.05) is 17.8 Å². The number of methoxy groups -OCH3 is 1. The number of para-hydroxylation sites is 2. The first-order chi connectivity index (χ1) is 15.7. The monoisotopic (exact) mass is 446 g/mol. The molecule has 1 aliphatic rings. The molecule has 0 aliphatic heterocycles. The number of nitrogens with zero attached hydrogens (tertiary/aromatic N) is 2. The quantitative estimate of drug-likeness (QED) is 0.323. The second-order valence-corrected chi connectivity index (χ2v) is 8.57. The van der Waals surface area contributed by atoms with Gasteiger partial charge in [-0.3, -0.25) is 14.2 Å². The Bertz CT molecular complexity index is 1340. The SMILES string of the molecule is COc1ccccc1NC(=O)CSc1nc2c(-c3ccccc3)c[nH]c2c(=O)n1C1CC1. The molecule has 2 heterocycles. The molecule has 7 nitrogen and oxygen atoms in total. The van der Waals surface area contributed by atoms with Crippen molar-refractivity contribution in [3.8, 4) is 16.9 Å². The average Bonchev–Trinajstić information content (AvgIpc) is 3.56. The van der Waals surface area contributed by atoms with Crippen molar-refractivity contribution in [3.05, 3.63) is 71.1 Å². The molecule has 162 valence electrons. The molecule has 0 unspecified atom stereocenters. The first-order valence-corrected chi connectivity index (χ1v) is 11.4. The maximum Gasteiger partial charge on any atom is 0.278 e. The highest BCUT2D eigenvalue weighted by atomic mass is 32.2. The van der Waals surface area contributed by atoms with Crippen molar-refractivity contribution in [2.75, 3.05) is 18.2 Å². The van der Waals surface area contributed by atoms with Crippen LogP contribution in [0.5, 0.6) is 5.75 Å². The van der Waals surface area contributed by atoms with Gasteiger partial charge in [-0.05, 0) is 30.5 Å². The molecule has 1 aliphatic carbocycles. The number of hydrogen-bond donors (Lipinski definition) is 2. The first-order valence-electron chi connectivity index (χ1n) is 10.4. The molecule has 0 saturated heterocycles. The minimum absolute atomic E-state index is 0.0904. The van der Waals surface area contributed by atoms with E-state index in [1.165, 1.54) is 11.8 Å². The number of aromatic nitrogens is 3. The standard InChI is InChI=1S/C24H22N4O3S/c1-31-19-10-6-5-9-18(19)26-20(29)14-32-24-27-21-17(15-7-3-2-4-8-15)13-25-22(21)23(30)28(24)16-11-12-16/h2-10,13,16,25H,11-12,14H2,1H3,(H,26,29). The Balaban J connectivity index is 1.45. The van der Waals surface area contributed by atoms with Crippen molar-refractivity contribution in [3.63, 3.8) is 0 Å². The number of carbonyl (C=O) groups is 1. The van der Waals surface area contributed by atoms with E-state index in [0.29, 0.717) is 27.6 Å². The summed E-state index contributed by atoms with van der Waals surface area (Å²) < 4.78 is 7.03. The van der Waals surface area contributed by atoms with Crippen LogP contribution in [0.15, 0.2) is 70.7 Å². The topological polar surface area (TPSA) is 89.0 Å². The number of anilines is 1. The van der Waals surface area contributed by atoms with E-state index < -0.39 is 0 Å². The fraction of sp³-hybridized carbons (Fsp3) is 0.208. The van der Waals surface area contributed by atoms with E-state index in [4.69, 9.17) is 9.72 Å².